The Balaban J connectivity index is 1.88. The molecule has 0 aromatic heterocycles. The van der Waals surface area contributed by atoms with Gasteiger partial charge in [0.15, 0.2) is 0 Å². The molecule has 4 nitrogen and oxygen atoms in total. The Labute approximate surface area is 109 Å². The van der Waals surface area contributed by atoms with E-state index in [1.807, 2.05) is 20.8 Å². The third-order valence-corrected chi connectivity index (χ3v) is 4.35. The highest BCUT2D eigenvalue weighted by Gasteiger charge is 2.49. The molecule has 0 heterocycles. The van der Waals surface area contributed by atoms with Crippen molar-refractivity contribution in [3.8, 4) is 0 Å². The second kappa shape index (κ2) is 4.72. The predicted octanol–water partition coefficient (Wildman–Crippen LogP) is 2.45. The third-order valence-electron chi connectivity index (χ3n) is 4.35. The van der Waals surface area contributed by atoms with Crippen LogP contribution in [0.25, 0.3) is 0 Å². The molecule has 2 aliphatic rings. The largest absolute Gasteiger partial charge is 0.444 e. The topological polar surface area (TPSA) is 58.6 Å². The first-order chi connectivity index (χ1) is 8.35. The Bertz CT molecular complexity index is 323. The van der Waals surface area contributed by atoms with E-state index in [0.29, 0.717) is 5.92 Å². The molecule has 104 valence electrons. The van der Waals surface area contributed by atoms with Gasteiger partial charge in [-0.05, 0) is 57.8 Å². The Morgan fingerprint density at radius 2 is 2.22 bits per heavy atom. The lowest BCUT2D eigenvalue weighted by atomic mass is 9.81. The minimum absolute atomic E-state index is 0.0691. The number of ether oxygens (including phenoxy) is 1. The van der Waals surface area contributed by atoms with Crippen molar-refractivity contribution >= 4 is 6.09 Å². The number of aliphatic hydroxyl groups excluding tert-OH is 1. The highest BCUT2D eigenvalue weighted by Crippen LogP contribution is 2.53. The van der Waals surface area contributed by atoms with Gasteiger partial charge >= 0.3 is 6.09 Å². The van der Waals surface area contributed by atoms with E-state index in [-0.39, 0.29) is 24.2 Å². The zero-order valence-corrected chi connectivity index (χ0v) is 11.7. The molecule has 0 aliphatic heterocycles. The van der Waals surface area contributed by atoms with Gasteiger partial charge in [0.25, 0.3) is 0 Å². The molecule has 0 bridgehead atoms. The highest BCUT2D eigenvalue weighted by atomic mass is 16.6. The van der Waals surface area contributed by atoms with Crippen LogP contribution in [-0.2, 0) is 4.74 Å². The minimum Gasteiger partial charge on any atom is -0.444 e. The van der Waals surface area contributed by atoms with Crippen LogP contribution in [0.15, 0.2) is 0 Å². The van der Waals surface area contributed by atoms with E-state index in [9.17, 15) is 9.90 Å². The predicted molar refractivity (Wildman–Crippen MR) is 69.3 cm³/mol. The van der Waals surface area contributed by atoms with Crippen LogP contribution >= 0.6 is 0 Å². The Kier molecular flexibility index (Phi) is 3.58. The van der Waals surface area contributed by atoms with Crippen LogP contribution in [0.1, 0.15) is 52.9 Å². The molecule has 2 saturated carbocycles. The second-order valence-electron chi connectivity index (χ2n) is 6.89. The third kappa shape index (κ3) is 2.79. The van der Waals surface area contributed by atoms with Crippen LogP contribution < -0.4 is 5.32 Å². The summed E-state index contributed by atoms with van der Waals surface area (Å²) < 4.78 is 5.28. The van der Waals surface area contributed by atoms with Crippen molar-refractivity contribution in [1.82, 2.24) is 5.32 Å². The van der Waals surface area contributed by atoms with Crippen molar-refractivity contribution < 1.29 is 14.6 Å². The average molecular weight is 255 g/mol. The molecule has 2 N–H and O–H groups in total. The van der Waals surface area contributed by atoms with Crippen molar-refractivity contribution in [3.05, 3.63) is 0 Å². The molecule has 2 fully saturated rings. The van der Waals surface area contributed by atoms with Crippen LogP contribution in [0.5, 0.6) is 0 Å². The number of fused-ring (bicyclic) bond motifs is 1. The number of hydrogen-bond acceptors (Lipinski definition) is 3. The van der Waals surface area contributed by atoms with Crippen molar-refractivity contribution in [1.29, 1.82) is 0 Å². The van der Waals surface area contributed by atoms with Gasteiger partial charge in [-0.15, -0.1) is 0 Å². The lowest BCUT2D eigenvalue weighted by Gasteiger charge is -2.26. The molecule has 0 unspecified atom stereocenters. The summed E-state index contributed by atoms with van der Waals surface area (Å²) in [4.78, 5) is 11.7. The molecule has 0 aromatic carbocycles. The summed E-state index contributed by atoms with van der Waals surface area (Å²) in [5.41, 5.74) is -0.382. The van der Waals surface area contributed by atoms with Crippen LogP contribution in [-0.4, -0.2) is 29.4 Å². The van der Waals surface area contributed by atoms with Crippen molar-refractivity contribution in [2.75, 3.05) is 6.61 Å². The molecular weight excluding hydrogens is 230 g/mol. The maximum absolute atomic E-state index is 11.7. The van der Waals surface area contributed by atoms with Gasteiger partial charge in [-0.25, -0.2) is 4.79 Å². The molecule has 0 saturated heterocycles. The highest BCUT2D eigenvalue weighted by molar-refractivity contribution is 5.68. The smallest absolute Gasteiger partial charge is 0.407 e. The number of alkyl carbamates (subject to hydrolysis) is 1. The summed E-state index contributed by atoms with van der Waals surface area (Å²) in [6, 6.07) is 0.164. The van der Waals surface area contributed by atoms with Gasteiger partial charge in [-0.3, -0.25) is 0 Å². The molecule has 1 amide bonds. The number of aliphatic hydroxyl groups is 1. The quantitative estimate of drug-likeness (QED) is 0.797. The summed E-state index contributed by atoms with van der Waals surface area (Å²) in [6.07, 6.45) is 5.05. The lowest BCUT2D eigenvalue weighted by molar-refractivity contribution is 0.0496. The van der Waals surface area contributed by atoms with E-state index in [4.69, 9.17) is 4.74 Å². The summed E-state index contributed by atoms with van der Waals surface area (Å²) in [5, 5.41) is 12.6. The normalized spacial score (nSPS) is 35.3. The molecular formula is C14H25NO3. The zero-order valence-electron chi connectivity index (χ0n) is 11.7. The second-order valence-corrected chi connectivity index (χ2v) is 6.89. The summed E-state index contributed by atoms with van der Waals surface area (Å²) in [6.45, 7) is 5.85. The van der Waals surface area contributed by atoms with Gasteiger partial charge in [-0.1, -0.05) is 6.42 Å². The number of nitrogens with one attached hydrogen (secondary N) is 1. The van der Waals surface area contributed by atoms with Crippen LogP contribution in [0.2, 0.25) is 0 Å². The summed E-state index contributed by atoms with van der Waals surface area (Å²) >= 11 is 0. The minimum atomic E-state index is -0.451. The molecule has 0 spiro atoms. The first-order valence-electron chi connectivity index (χ1n) is 6.95. The Morgan fingerprint density at radius 1 is 1.50 bits per heavy atom. The Hall–Kier alpha value is -0.770. The van der Waals surface area contributed by atoms with Gasteiger partial charge in [-0.2, -0.15) is 0 Å². The van der Waals surface area contributed by atoms with Gasteiger partial charge in [0.1, 0.15) is 5.60 Å². The van der Waals surface area contributed by atoms with Crippen LogP contribution in [0, 0.1) is 11.3 Å². The number of carbonyl (C=O) groups excluding carboxylic acids is 1. The van der Waals surface area contributed by atoms with Crippen molar-refractivity contribution in [2.24, 2.45) is 11.3 Å². The van der Waals surface area contributed by atoms with E-state index in [2.05, 4.69) is 5.32 Å². The molecule has 3 atom stereocenters. The molecule has 2 rings (SSSR count). The van der Waals surface area contributed by atoms with E-state index < -0.39 is 5.60 Å². The van der Waals surface area contributed by atoms with Crippen molar-refractivity contribution in [3.63, 3.8) is 0 Å². The van der Waals surface area contributed by atoms with Gasteiger partial charge in [0.2, 0.25) is 0 Å². The maximum Gasteiger partial charge on any atom is 0.407 e. The fourth-order valence-corrected chi connectivity index (χ4v) is 3.62. The zero-order chi connectivity index (χ0) is 13.4. The first kappa shape index (κ1) is 13.7. The van der Waals surface area contributed by atoms with E-state index in [1.54, 1.807) is 0 Å². The average Bonchev–Trinajstić information content (AvgIpc) is 2.70. The van der Waals surface area contributed by atoms with E-state index in [0.717, 1.165) is 19.3 Å². The molecule has 0 aromatic rings. The molecule has 0 radical (unpaired) electrons. The van der Waals surface area contributed by atoms with Gasteiger partial charge < -0.3 is 15.2 Å². The standard InChI is InChI=1S/C14H25NO3/c1-13(2,3)18-12(17)15-11-7-10-5-4-6-14(10,8-11)9-16/h10-11,16H,4-9H2,1-3H3,(H,15,17)/t10-,11+,14+/m0/s1. The van der Waals surface area contributed by atoms with E-state index in [1.165, 1.54) is 12.8 Å². The number of amides is 1. The maximum atomic E-state index is 11.7. The summed E-state index contributed by atoms with van der Waals surface area (Å²) in [7, 11) is 0. The number of rotatable bonds is 2. The fourth-order valence-electron chi connectivity index (χ4n) is 3.62. The van der Waals surface area contributed by atoms with Crippen LogP contribution in [0.4, 0.5) is 4.79 Å². The monoisotopic (exact) mass is 255 g/mol. The van der Waals surface area contributed by atoms with Gasteiger partial charge in [0.05, 0.1) is 0 Å². The summed E-state index contributed by atoms with van der Waals surface area (Å²) in [5.74, 6) is 0.572. The van der Waals surface area contributed by atoms with Crippen molar-refractivity contribution in [2.45, 2.75) is 64.5 Å². The molecule has 18 heavy (non-hydrogen) atoms. The molecule has 2 aliphatic carbocycles. The first-order valence-corrected chi connectivity index (χ1v) is 6.95. The SMILES string of the molecule is CC(C)(C)OC(=O)N[C@@H]1C[C@@H]2CCC[C@]2(CO)C1. The van der Waals surface area contributed by atoms with Crippen LogP contribution in [0.3, 0.4) is 0 Å². The lowest BCUT2D eigenvalue weighted by Crippen LogP contribution is -2.38. The number of carbonyl (C=O) groups is 1. The van der Waals surface area contributed by atoms with Gasteiger partial charge in [0, 0.05) is 12.6 Å². The fraction of sp³-hybridized carbons (Fsp3) is 0.929. The van der Waals surface area contributed by atoms with E-state index >= 15 is 0 Å². The number of hydrogen-bond donors (Lipinski definition) is 2. The Morgan fingerprint density at radius 3 is 2.78 bits per heavy atom. The molecule has 4 heteroatoms.